The molecular formula is C18H23F3N2O2S. The molecule has 0 bridgehead atoms. The van der Waals surface area contributed by atoms with Gasteiger partial charge in [-0.1, -0.05) is 6.92 Å². The molecule has 2 rings (SSSR count). The molecule has 8 heteroatoms. The largest absolute Gasteiger partial charge is 0.477 e. The molecule has 1 aliphatic carbocycles. The van der Waals surface area contributed by atoms with Crippen molar-refractivity contribution in [2.45, 2.75) is 64.7 Å². The Hall–Kier alpha value is -1.72. The average molecular weight is 388 g/mol. The summed E-state index contributed by atoms with van der Waals surface area (Å²) < 4.78 is 37.0. The first kappa shape index (κ1) is 20.6. The van der Waals surface area contributed by atoms with Crippen LogP contribution in [0.4, 0.5) is 18.9 Å². The zero-order valence-corrected chi connectivity index (χ0v) is 15.8. The number of nitrogens with zero attached hydrogens (tertiary/aromatic N) is 1. The number of carboxylic acid groups (broad SMARTS) is 1. The van der Waals surface area contributed by atoms with Crippen LogP contribution in [0.25, 0.3) is 0 Å². The van der Waals surface area contributed by atoms with E-state index < -0.39 is 12.1 Å². The van der Waals surface area contributed by atoms with Crippen molar-refractivity contribution in [1.29, 1.82) is 0 Å². The van der Waals surface area contributed by atoms with Gasteiger partial charge in [-0.05, 0) is 57.4 Å². The van der Waals surface area contributed by atoms with Crippen molar-refractivity contribution in [1.82, 2.24) is 5.43 Å². The Morgan fingerprint density at radius 2 is 1.96 bits per heavy atom. The van der Waals surface area contributed by atoms with Gasteiger partial charge in [-0.3, -0.25) is 0 Å². The fraction of sp³-hybridized carbons (Fsp3) is 0.611. The molecule has 1 saturated carbocycles. The Balaban J connectivity index is 2.30. The van der Waals surface area contributed by atoms with Gasteiger partial charge in [0.2, 0.25) is 0 Å². The number of aromatic carboxylic acids is 1. The Labute approximate surface area is 155 Å². The highest BCUT2D eigenvalue weighted by Crippen LogP contribution is 2.32. The van der Waals surface area contributed by atoms with Gasteiger partial charge >= 0.3 is 12.1 Å². The van der Waals surface area contributed by atoms with Crippen LogP contribution in [0.1, 0.15) is 61.0 Å². The maximum Gasteiger partial charge on any atom is 0.458 e. The minimum Gasteiger partial charge on any atom is -0.477 e. The van der Waals surface area contributed by atoms with E-state index in [-0.39, 0.29) is 21.8 Å². The maximum atomic E-state index is 12.3. The summed E-state index contributed by atoms with van der Waals surface area (Å²) in [5.74, 6) is 2.74. The number of carboxylic acids is 1. The zero-order valence-electron chi connectivity index (χ0n) is 15.0. The Morgan fingerprint density at radius 1 is 1.35 bits per heavy atom. The van der Waals surface area contributed by atoms with Crippen molar-refractivity contribution in [3.63, 3.8) is 0 Å². The van der Waals surface area contributed by atoms with E-state index in [0.717, 1.165) is 37.0 Å². The summed E-state index contributed by atoms with van der Waals surface area (Å²) in [6, 6.07) is 1.58. The Bertz CT molecular complexity index is 696. The second kappa shape index (κ2) is 8.31. The van der Waals surface area contributed by atoms with Crippen molar-refractivity contribution in [3.05, 3.63) is 15.8 Å². The number of hydrogen-bond acceptors (Lipinski definition) is 4. The molecule has 0 atom stereocenters. The molecule has 1 fully saturated rings. The van der Waals surface area contributed by atoms with E-state index in [4.69, 9.17) is 0 Å². The molecule has 4 nitrogen and oxygen atoms in total. The lowest BCUT2D eigenvalue weighted by atomic mass is 9.88. The van der Waals surface area contributed by atoms with Crippen LogP contribution in [0.3, 0.4) is 0 Å². The van der Waals surface area contributed by atoms with Crippen molar-refractivity contribution in [2.75, 3.05) is 5.01 Å². The Morgan fingerprint density at radius 3 is 2.46 bits per heavy atom. The van der Waals surface area contributed by atoms with Crippen molar-refractivity contribution < 1.29 is 23.1 Å². The van der Waals surface area contributed by atoms with E-state index >= 15 is 0 Å². The molecule has 144 valence electrons. The summed E-state index contributed by atoms with van der Waals surface area (Å²) in [4.78, 5) is 11.7. The lowest BCUT2D eigenvalue weighted by Crippen LogP contribution is -2.50. The number of hydrogen-bond donors (Lipinski definition) is 2. The average Bonchev–Trinajstić information content (AvgIpc) is 2.95. The minimum absolute atomic E-state index is 0.0122. The highest BCUT2D eigenvalue weighted by Gasteiger charge is 2.27. The molecule has 0 aromatic carbocycles. The molecule has 0 unspecified atom stereocenters. The van der Waals surface area contributed by atoms with E-state index in [9.17, 15) is 23.1 Å². The van der Waals surface area contributed by atoms with Gasteiger partial charge in [0.05, 0.1) is 10.6 Å². The number of rotatable bonds is 5. The van der Waals surface area contributed by atoms with Crippen LogP contribution in [-0.2, 0) is 0 Å². The monoisotopic (exact) mass is 388 g/mol. The molecule has 2 N–H and O–H groups in total. The molecule has 1 aliphatic rings. The summed E-state index contributed by atoms with van der Waals surface area (Å²) >= 11 is 0.762. The number of alkyl halides is 3. The highest BCUT2D eigenvalue weighted by atomic mass is 32.1. The summed E-state index contributed by atoms with van der Waals surface area (Å²) in [6.07, 6.45) is -0.444. The molecule has 0 aliphatic heterocycles. The first-order chi connectivity index (χ1) is 12.1. The van der Waals surface area contributed by atoms with Gasteiger partial charge < -0.3 is 10.1 Å². The maximum absolute atomic E-state index is 12.3. The second-order valence-electron chi connectivity index (χ2n) is 6.93. The molecule has 0 saturated heterocycles. The van der Waals surface area contributed by atoms with Crippen LogP contribution in [0.5, 0.6) is 0 Å². The van der Waals surface area contributed by atoms with Gasteiger partial charge in [0, 0.05) is 18.0 Å². The van der Waals surface area contributed by atoms with E-state index in [1.807, 2.05) is 19.8 Å². The molecule has 1 heterocycles. The predicted molar refractivity (Wildman–Crippen MR) is 96.4 cm³/mol. The topological polar surface area (TPSA) is 52.6 Å². The first-order valence-corrected chi connectivity index (χ1v) is 9.41. The van der Waals surface area contributed by atoms with Crippen LogP contribution in [0.2, 0.25) is 0 Å². The third-order valence-electron chi connectivity index (χ3n) is 4.35. The van der Waals surface area contributed by atoms with Crippen LogP contribution >= 0.6 is 11.3 Å². The number of hydrazine groups is 1. The minimum atomic E-state index is -4.61. The van der Waals surface area contributed by atoms with Crippen LogP contribution in [0.15, 0.2) is 6.07 Å². The quantitative estimate of drug-likeness (QED) is 0.569. The normalized spacial score (nSPS) is 20.6. The number of nitrogens with one attached hydrogen (secondary N) is 1. The van der Waals surface area contributed by atoms with Crippen LogP contribution < -0.4 is 10.4 Å². The van der Waals surface area contributed by atoms with Crippen molar-refractivity contribution in [3.8, 4) is 11.8 Å². The first-order valence-electron chi connectivity index (χ1n) is 8.59. The van der Waals surface area contributed by atoms with E-state index in [2.05, 4.69) is 12.3 Å². The number of carbonyl (C=O) groups is 1. The molecule has 0 radical (unpaired) electrons. The van der Waals surface area contributed by atoms with E-state index in [0.29, 0.717) is 11.6 Å². The number of halogens is 3. The predicted octanol–water partition coefficient (Wildman–Crippen LogP) is 4.66. The van der Waals surface area contributed by atoms with Crippen LogP contribution in [0, 0.1) is 17.8 Å². The smallest absolute Gasteiger partial charge is 0.458 e. The molecule has 26 heavy (non-hydrogen) atoms. The third kappa shape index (κ3) is 5.64. The van der Waals surface area contributed by atoms with Gasteiger partial charge in [0.25, 0.3) is 0 Å². The standard InChI is InChI=1S/C18H23F3N2O2S/c1-11(2)23(22-13-6-4-12(3)5-7-13)15-10-14(8-9-18(19,20)21)26-16(15)17(24)25/h10-13,22H,4-7H2,1-3H3,(H,24,25). The van der Waals surface area contributed by atoms with Gasteiger partial charge in [0.1, 0.15) is 4.88 Å². The van der Waals surface area contributed by atoms with Gasteiger partial charge in [-0.15, -0.1) is 11.3 Å². The zero-order chi connectivity index (χ0) is 19.5. The lowest BCUT2D eigenvalue weighted by Gasteiger charge is -2.36. The summed E-state index contributed by atoms with van der Waals surface area (Å²) in [6.45, 7) is 6.02. The molecule has 1 aromatic rings. The third-order valence-corrected chi connectivity index (χ3v) is 5.38. The molecular weight excluding hydrogens is 365 g/mol. The van der Waals surface area contributed by atoms with E-state index in [1.165, 1.54) is 12.0 Å². The van der Waals surface area contributed by atoms with Gasteiger partial charge in [-0.25, -0.2) is 10.2 Å². The molecule has 0 spiro atoms. The second-order valence-corrected chi connectivity index (χ2v) is 7.98. The van der Waals surface area contributed by atoms with Crippen molar-refractivity contribution >= 4 is 23.0 Å². The SMILES string of the molecule is CC1CCC(NN(c2cc(C#CC(F)(F)F)sc2C(=O)O)C(C)C)CC1. The molecule has 0 amide bonds. The van der Waals surface area contributed by atoms with E-state index in [1.54, 1.807) is 5.01 Å². The number of anilines is 1. The molecule has 1 aromatic heterocycles. The summed E-state index contributed by atoms with van der Waals surface area (Å²) in [7, 11) is 0. The van der Waals surface area contributed by atoms with Crippen molar-refractivity contribution in [2.24, 2.45) is 5.92 Å². The fourth-order valence-electron chi connectivity index (χ4n) is 2.99. The van der Waals surface area contributed by atoms with Gasteiger partial charge in [-0.2, -0.15) is 13.2 Å². The lowest BCUT2D eigenvalue weighted by molar-refractivity contribution is -0.0696. The fourth-order valence-corrected chi connectivity index (χ4v) is 3.83. The Kier molecular flexibility index (Phi) is 6.58. The number of thiophene rings is 1. The highest BCUT2D eigenvalue weighted by molar-refractivity contribution is 7.15. The van der Waals surface area contributed by atoms with Gasteiger partial charge in [0.15, 0.2) is 0 Å². The van der Waals surface area contributed by atoms with Crippen LogP contribution in [-0.4, -0.2) is 29.3 Å². The summed E-state index contributed by atoms with van der Waals surface area (Å²) in [5.41, 5.74) is 3.74. The summed E-state index contributed by atoms with van der Waals surface area (Å²) in [5, 5.41) is 11.2.